The molecule has 0 N–H and O–H groups in total. The van der Waals surface area contributed by atoms with Gasteiger partial charge in [0.25, 0.3) is 0 Å². The van der Waals surface area contributed by atoms with E-state index >= 15 is 0 Å². The first-order valence-electron chi connectivity index (χ1n) is 11.7. The zero-order valence-electron chi connectivity index (χ0n) is 20.9. The van der Waals surface area contributed by atoms with Gasteiger partial charge in [0.05, 0.1) is 29.8 Å². The Morgan fingerprint density at radius 3 is 1.56 bits per heavy atom. The number of nitrogens with zero attached hydrogens (tertiary/aromatic N) is 1. The van der Waals surface area contributed by atoms with E-state index in [2.05, 4.69) is 4.98 Å². The van der Waals surface area contributed by atoms with Crippen LogP contribution in [0.1, 0.15) is 38.6 Å². The standard InChI is InChI=1S/C22H25NO6S.C6H6/c1-5-28-21(26)17(13(3)24)19(18(14(4)25)22(27)29-6-2)20-23-16(12-30-20)15-10-8-7-9-11-15;1-2-4-6-5-3-1/h7-12,17-19H,5-6H2,1-4H3;1-6H. The molecule has 2 unspecified atom stereocenters. The van der Waals surface area contributed by atoms with Gasteiger partial charge in [0.2, 0.25) is 0 Å². The molecule has 2 aromatic carbocycles. The van der Waals surface area contributed by atoms with Crippen molar-refractivity contribution < 1.29 is 28.7 Å². The summed E-state index contributed by atoms with van der Waals surface area (Å²) in [6, 6.07) is 21.3. The second kappa shape index (κ2) is 14.7. The van der Waals surface area contributed by atoms with E-state index in [4.69, 9.17) is 9.47 Å². The van der Waals surface area contributed by atoms with Gasteiger partial charge >= 0.3 is 11.9 Å². The summed E-state index contributed by atoms with van der Waals surface area (Å²) in [7, 11) is 0. The fourth-order valence-electron chi connectivity index (χ4n) is 3.64. The summed E-state index contributed by atoms with van der Waals surface area (Å²) in [6.07, 6.45) is 0. The van der Waals surface area contributed by atoms with Crippen molar-refractivity contribution in [3.8, 4) is 11.3 Å². The molecule has 1 aromatic heterocycles. The molecule has 7 nitrogen and oxygen atoms in total. The first-order chi connectivity index (χ1) is 17.3. The first kappa shape index (κ1) is 28.6. The van der Waals surface area contributed by atoms with Crippen LogP contribution in [-0.2, 0) is 28.7 Å². The number of aromatic nitrogens is 1. The third-order valence-corrected chi connectivity index (χ3v) is 6.16. The number of esters is 2. The Hall–Kier alpha value is -3.65. The van der Waals surface area contributed by atoms with Crippen molar-refractivity contribution in [2.75, 3.05) is 13.2 Å². The highest BCUT2D eigenvalue weighted by molar-refractivity contribution is 7.10. The molecule has 3 rings (SSSR count). The lowest BCUT2D eigenvalue weighted by atomic mass is 9.78. The van der Waals surface area contributed by atoms with Gasteiger partial charge in [0.1, 0.15) is 23.4 Å². The van der Waals surface area contributed by atoms with E-state index in [1.54, 1.807) is 19.2 Å². The van der Waals surface area contributed by atoms with Gasteiger partial charge in [-0.15, -0.1) is 11.3 Å². The highest BCUT2D eigenvalue weighted by atomic mass is 32.1. The molecule has 0 radical (unpaired) electrons. The van der Waals surface area contributed by atoms with Crippen molar-refractivity contribution in [1.29, 1.82) is 0 Å². The van der Waals surface area contributed by atoms with Crippen LogP contribution in [0.2, 0.25) is 0 Å². The Morgan fingerprint density at radius 1 is 0.750 bits per heavy atom. The fourth-order valence-corrected chi connectivity index (χ4v) is 4.64. The molecule has 0 fully saturated rings. The molecule has 0 bridgehead atoms. The predicted molar refractivity (Wildman–Crippen MR) is 138 cm³/mol. The molecule has 8 heteroatoms. The summed E-state index contributed by atoms with van der Waals surface area (Å²) in [5.74, 6) is -6.41. The summed E-state index contributed by atoms with van der Waals surface area (Å²) in [5, 5.41) is 2.10. The number of thiazole rings is 1. The Balaban J connectivity index is 0.000000662. The highest BCUT2D eigenvalue weighted by Crippen LogP contribution is 2.38. The van der Waals surface area contributed by atoms with Crippen LogP contribution in [0.3, 0.4) is 0 Å². The Kier molecular flexibility index (Phi) is 11.7. The molecule has 0 amide bonds. The minimum Gasteiger partial charge on any atom is -0.465 e. The Labute approximate surface area is 215 Å². The molecule has 190 valence electrons. The monoisotopic (exact) mass is 509 g/mol. The number of hydrogen-bond acceptors (Lipinski definition) is 8. The van der Waals surface area contributed by atoms with Gasteiger partial charge < -0.3 is 9.47 Å². The molecule has 2 atom stereocenters. The van der Waals surface area contributed by atoms with Crippen molar-refractivity contribution in [2.45, 2.75) is 33.6 Å². The van der Waals surface area contributed by atoms with E-state index in [9.17, 15) is 19.2 Å². The largest absolute Gasteiger partial charge is 0.465 e. The molecule has 36 heavy (non-hydrogen) atoms. The number of benzene rings is 2. The second-order valence-electron chi connectivity index (χ2n) is 7.80. The van der Waals surface area contributed by atoms with Gasteiger partial charge in [-0.2, -0.15) is 0 Å². The van der Waals surface area contributed by atoms with Crippen LogP contribution in [0.4, 0.5) is 0 Å². The van der Waals surface area contributed by atoms with Crippen LogP contribution in [0, 0.1) is 11.8 Å². The van der Waals surface area contributed by atoms with Gasteiger partial charge in [0.15, 0.2) is 0 Å². The average Bonchev–Trinajstić information content (AvgIpc) is 3.35. The van der Waals surface area contributed by atoms with Crippen molar-refractivity contribution in [3.63, 3.8) is 0 Å². The number of carbonyl (C=O) groups excluding carboxylic acids is 4. The minimum atomic E-state index is -1.35. The van der Waals surface area contributed by atoms with E-state index in [0.29, 0.717) is 10.7 Å². The summed E-state index contributed by atoms with van der Waals surface area (Å²) in [5.41, 5.74) is 1.46. The number of ether oxygens (including phenoxy) is 2. The molecule has 0 spiro atoms. The molecule has 0 saturated carbocycles. The van der Waals surface area contributed by atoms with Crippen LogP contribution < -0.4 is 0 Å². The summed E-state index contributed by atoms with van der Waals surface area (Å²) < 4.78 is 10.2. The van der Waals surface area contributed by atoms with E-state index in [-0.39, 0.29) is 13.2 Å². The quantitative estimate of drug-likeness (QED) is 0.276. The van der Waals surface area contributed by atoms with E-state index in [0.717, 1.165) is 5.56 Å². The number of carbonyl (C=O) groups is 4. The summed E-state index contributed by atoms with van der Waals surface area (Å²) >= 11 is 1.18. The van der Waals surface area contributed by atoms with Crippen LogP contribution in [0.15, 0.2) is 72.1 Å². The smallest absolute Gasteiger partial charge is 0.317 e. The molecule has 1 heterocycles. The normalized spacial score (nSPS) is 12.8. The molecular formula is C28H31NO6S. The first-order valence-corrected chi connectivity index (χ1v) is 12.5. The zero-order chi connectivity index (χ0) is 26.5. The van der Waals surface area contributed by atoms with Crippen LogP contribution >= 0.6 is 11.3 Å². The molecular weight excluding hydrogens is 478 g/mol. The topological polar surface area (TPSA) is 99.6 Å². The van der Waals surface area contributed by atoms with E-state index in [1.165, 1.54) is 25.2 Å². The van der Waals surface area contributed by atoms with Gasteiger partial charge in [-0.3, -0.25) is 19.2 Å². The van der Waals surface area contributed by atoms with Crippen LogP contribution in [0.5, 0.6) is 0 Å². The number of rotatable bonds is 10. The maximum Gasteiger partial charge on any atom is 0.317 e. The highest BCUT2D eigenvalue weighted by Gasteiger charge is 2.47. The van der Waals surface area contributed by atoms with Gasteiger partial charge in [-0.25, -0.2) is 4.98 Å². The van der Waals surface area contributed by atoms with E-state index < -0.39 is 41.3 Å². The SMILES string of the molecule is CCOC(=O)C(C(C)=O)C(c1nc(-c2ccccc2)cs1)C(C(C)=O)C(=O)OCC.c1ccccc1. The Bertz CT molecular complexity index is 1070. The maximum absolute atomic E-state index is 12.7. The lowest BCUT2D eigenvalue weighted by molar-refractivity contribution is -0.157. The van der Waals surface area contributed by atoms with Crippen LogP contribution in [-0.4, -0.2) is 41.7 Å². The maximum atomic E-state index is 12.7. The van der Waals surface area contributed by atoms with Gasteiger partial charge in [-0.05, 0) is 27.7 Å². The number of ketones is 2. The van der Waals surface area contributed by atoms with Crippen molar-refractivity contribution in [2.24, 2.45) is 11.8 Å². The van der Waals surface area contributed by atoms with Crippen molar-refractivity contribution in [3.05, 3.63) is 77.1 Å². The number of hydrogen-bond donors (Lipinski definition) is 0. The minimum absolute atomic E-state index is 0.0621. The molecule has 0 saturated heterocycles. The third kappa shape index (κ3) is 7.95. The third-order valence-electron chi connectivity index (χ3n) is 5.22. The second-order valence-corrected chi connectivity index (χ2v) is 8.69. The van der Waals surface area contributed by atoms with Crippen LogP contribution in [0.25, 0.3) is 11.3 Å². The lowest BCUT2D eigenvalue weighted by Crippen LogP contribution is -2.40. The molecule has 0 aliphatic carbocycles. The predicted octanol–water partition coefficient (Wildman–Crippen LogP) is 5.12. The zero-order valence-corrected chi connectivity index (χ0v) is 21.7. The Morgan fingerprint density at radius 2 is 1.17 bits per heavy atom. The molecule has 0 aliphatic heterocycles. The van der Waals surface area contributed by atoms with Crippen molar-refractivity contribution >= 4 is 34.8 Å². The summed E-state index contributed by atoms with van der Waals surface area (Å²) in [6.45, 7) is 5.84. The summed E-state index contributed by atoms with van der Waals surface area (Å²) in [4.78, 5) is 54.8. The number of Topliss-reactive ketones (excluding diaryl/α,β-unsaturated/α-hetero) is 2. The van der Waals surface area contributed by atoms with Gasteiger partial charge in [0, 0.05) is 10.9 Å². The van der Waals surface area contributed by atoms with E-state index in [1.807, 2.05) is 66.7 Å². The fraction of sp³-hybridized carbons (Fsp3) is 0.321. The lowest BCUT2D eigenvalue weighted by Gasteiger charge is -2.27. The van der Waals surface area contributed by atoms with Gasteiger partial charge in [-0.1, -0.05) is 66.7 Å². The molecule has 0 aliphatic rings. The molecule has 3 aromatic rings. The van der Waals surface area contributed by atoms with Crippen molar-refractivity contribution in [1.82, 2.24) is 4.98 Å². The average molecular weight is 510 g/mol.